The first-order valence-corrected chi connectivity index (χ1v) is 11.0. The number of benzene rings is 1. The zero-order valence-corrected chi connectivity index (χ0v) is 16.9. The van der Waals surface area contributed by atoms with Gasteiger partial charge >= 0.3 is 0 Å². The van der Waals surface area contributed by atoms with Crippen LogP contribution >= 0.6 is 22.7 Å². The molecule has 0 bridgehead atoms. The van der Waals surface area contributed by atoms with Crippen molar-refractivity contribution in [3.05, 3.63) is 39.9 Å². The summed E-state index contributed by atoms with van der Waals surface area (Å²) < 4.78 is 29.5. The Hall–Kier alpha value is -1.48. The second-order valence-electron chi connectivity index (χ2n) is 6.21. The van der Waals surface area contributed by atoms with E-state index in [-0.39, 0.29) is 11.7 Å². The van der Waals surface area contributed by atoms with E-state index in [9.17, 15) is 13.5 Å². The minimum absolute atomic E-state index is 0.204. The SMILES string of the molecule is Cc1sc(NS(=O)(=O)c2sc3ccc(C(C)C)cc3c2C)nc1CO. The molecule has 2 aromatic heterocycles. The Bertz CT molecular complexity index is 1030. The minimum Gasteiger partial charge on any atom is -0.390 e. The van der Waals surface area contributed by atoms with Crippen LogP contribution in [0.4, 0.5) is 5.13 Å². The molecule has 0 aliphatic heterocycles. The monoisotopic (exact) mass is 396 g/mol. The first kappa shape index (κ1) is 18.3. The third-order valence-electron chi connectivity index (χ3n) is 4.09. The standard InChI is InChI=1S/C17H20N2O3S3/c1-9(2)12-5-6-15-13(7-12)10(3)16(24-15)25(21,22)19-17-18-14(8-20)11(4)23-17/h5-7,9,20H,8H2,1-4H3,(H,18,19). The molecule has 0 saturated carbocycles. The lowest BCUT2D eigenvalue weighted by atomic mass is 10.0. The summed E-state index contributed by atoms with van der Waals surface area (Å²) in [5.41, 5.74) is 2.44. The maximum atomic E-state index is 12.8. The molecule has 0 unspecified atom stereocenters. The fourth-order valence-electron chi connectivity index (χ4n) is 2.61. The second kappa shape index (κ2) is 6.68. The number of nitrogens with zero attached hydrogens (tertiary/aromatic N) is 1. The topological polar surface area (TPSA) is 79.3 Å². The van der Waals surface area contributed by atoms with E-state index >= 15 is 0 Å². The molecular weight excluding hydrogens is 376 g/mol. The number of fused-ring (bicyclic) bond motifs is 1. The van der Waals surface area contributed by atoms with E-state index in [2.05, 4.69) is 29.6 Å². The fourth-order valence-corrected chi connectivity index (χ4v) is 6.42. The molecule has 2 N–H and O–H groups in total. The Balaban J connectivity index is 2.03. The van der Waals surface area contributed by atoms with Gasteiger partial charge in [0.1, 0.15) is 4.21 Å². The van der Waals surface area contributed by atoms with Crippen molar-refractivity contribution >= 4 is 47.9 Å². The van der Waals surface area contributed by atoms with Crippen LogP contribution in [0.2, 0.25) is 0 Å². The number of nitrogens with one attached hydrogen (secondary N) is 1. The normalized spacial score (nSPS) is 12.2. The lowest BCUT2D eigenvalue weighted by Gasteiger charge is -2.05. The van der Waals surface area contributed by atoms with Crippen LogP contribution in [-0.2, 0) is 16.6 Å². The van der Waals surface area contributed by atoms with E-state index in [0.29, 0.717) is 15.8 Å². The summed E-state index contributed by atoms with van der Waals surface area (Å²) >= 11 is 2.49. The molecule has 134 valence electrons. The number of sulfonamides is 1. The maximum Gasteiger partial charge on any atom is 0.273 e. The Labute approximate surface area is 155 Å². The third-order valence-corrected chi connectivity index (χ3v) is 8.38. The maximum absolute atomic E-state index is 12.8. The van der Waals surface area contributed by atoms with Crippen molar-refractivity contribution in [2.75, 3.05) is 4.72 Å². The Kier molecular flexibility index (Phi) is 4.89. The first-order valence-electron chi connectivity index (χ1n) is 7.86. The fraction of sp³-hybridized carbons (Fsp3) is 0.353. The van der Waals surface area contributed by atoms with Gasteiger partial charge in [-0.05, 0) is 48.4 Å². The summed E-state index contributed by atoms with van der Waals surface area (Å²) in [5, 5.41) is 10.5. The van der Waals surface area contributed by atoms with Crippen molar-refractivity contribution in [3.8, 4) is 0 Å². The van der Waals surface area contributed by atoms with E-state index in [1.807, 2.05) is 19.1 Å². The molecule has 3 rings (SSSR count). The van der Waals surface area contributed by atoms with Crippen LogP contribution in [-0.4, -0.2) is 18.5 Å². The van der Waals surface area contributed by atoms with Gasteiger partial charge in [0.05, 0.1) is 12.3 Å². The molecule has 0 aliphatic carbocycles. The molecule has 3 aromatic rings. The van der Waals surface area contributed by atoms with E-state index in [0.717, 1.165) is 20.5 Å². The van der Waals surface area contributed by atoms with Crippen LogP contribution in [0, 0.1) is 13.8 Å². The molecule has 0 fully saturated rings. The van der Waals surface area contributed by atoms with Crippen molar-refractivity contribution in [1.82, 2.24) is 4.98 Å². The van der Waals surface area contributed by atoms with Gasteiger partial charge in [0.25, 0.3) is 10.0 Å². The molecule has 0 amide bonds. The summed E-state index contributed by atoms with van der Waals surface area (Å²) in [5.74, 6) is 0.386. The van der Waals surface area contributed by atoms with Gasteiger partial charge in [0.15, 0.2) is 5.13 Å². The highest BCUT2D eigenvalue weighted by Crippen LogP contribution is 2.37. The van der Waals surface area contributed by atoms with Gasteiger partial charge in [-0.3, -0.25) is 4.72 Å². The molecule has 0 aliphatic rings. The first-order chi connectivity index (χ1) is 11.7. The summed E-state index contributed by atoms with van der Waals surface area (Å²) in [6, 6.07) is 6.10. The predicted molar refractivity (Wildman–Crippen MR) is 104 cm³/mol. The van der Waals surface area contributed by atoms with Crippen LogP contribution in [0.3, 0.4) is 0 Å². The zero-order valence-electron chi connectivity index (χ0n) is 14.5. The highest BCUT2D eigenvalue weighted by atomic mass is 32.2. The average molecular weight is 397 g/mol. The van der Waals surface area contributed by atoms with Crippen molar-refractivity contribution < 1.29 is 13.5 Å². The van der Waals surface area contributed by atoms with E-state index in [4.69, 9.17) is 0 Å². The number of aryl methyl sites for hydroxylation is 2. The second-order valence-corrected chi connectivity index (χ2v) is 10.3. The lowest BCUT2D eigenvalue weighted by Crippen LogP contribution is -2.12. The Morgan fingerprint density at radius 2 is 1.96 bits per heavy atom. The van der Waals surface area contributed by atoms with E-state index < -0.39 is 10.0 Å². The quantitative estimate of drug-likeness (QED) is 0.670. The van der Waals surface area contributed by atoms with Crippen molar-refractivity contribution in [2.24, 2.45) is 0 Å². The van der Waals surface area contributed by atoms with Crippen LogP contribution in [0.15, 0.2) is 22.4 Å². The molecule has 8 heteroatoms. The Morgan fingerprint density at radius 3 is 2.56 bits per heavy atom. The lowest BCUT2D eigenvalue weighted by molar-refractivity contribution is 0.277. The van der Waals surface area contributed by atoms with Gasteiger partial charge in [0, 0.05) is 9.58 Å². The van der Waals surface area contributed by atoms with Crippen LogP contribution < -0.4 is 4.72 Å². The number of aliphatic hydroxyl groups excluding tert-OH is 1. The zero-order chi connectivity index (χ0) is 18.4. The van der Waals surface area contributed by atoms with Gasteiger partial charge in [-0.25, -0.2) is 13.4 Å². The molecule has 25 heavy (non-hydrogen) atoms. The van der Waals surface area contributed by atoms with Gasteiger partial charge in [-0.1, -0.05) is 19.9 Å². The summed E-state index contributed by atoms with van der Waals surface area (Å²) in [6.07, 6.45) is 0. The average Bonchev–Trinajstić information content (AvgIpc) is 3.06. The number of aromatic nitrogens is 1. The number of thiophene rings is 1. The molecule has 2 heterocycles. The molecule has 1 aromatic carbocycles. The van der Waals surface area contributed by atoms with Gasteiger partial charge in [0.2, 0.25) is 0 Å². The third kappa shape index (κ3) is 3.44. The van der Waals surface area contributed by atoms with Gasteiger partial charge < -0.3 is 5.11 Å². The number of thiazole rings is 1. The van der Waals surface area contributed by atoms with Crippen LogP contribution in [0.5, 0.6) is 0 Å². The van der Waals surface area contributed by atoms with E-state index in [1.54, 1.807) is 6.92 Å². The van der Waals surface area contributed by atoms with Gasteiger partial charge in [-0.15, -0.1) is 22.7 Å². The van der Waals surface area contributed by atoms with Gasteiger partial charge in [-0.2, -0.15) is 0 Å². The minimum atomic E-state index is -3.72. The number of hydrogen-bond donors (Lipinski definition) is 2. The molecule has 0 saturated heterocycles. The number of anilines is 1. The van der Waals surface area contributed by atoms with Crippen molar-refractivity contribution in [1.29, 1.82) is 0 Å². The Morgan fingerprint density at radius 1 is 1.24 bits per heavy atom. The molecule has 0 radical (unpaired) electrons. The summed E-state index contributed by atoms with van der Waals surface area (Å²) in [4.78, 5) is 4.94. The highest BCUT2D eigenvalue weighted by molar-refractivity contribution is 7.95. The molecule has 0 atom stereocenters. The smallest absolute Gasteiger partial charge is 0.273 e. The summed E-state index contributed by atoms with van der Waals surface area (Å²) in [6.45, 7) is 7.67. The predicted octanol–water partition coefficient (Wildman–Crippen LogP) is 4.39. The van der Waals surface area contributed by atoms with Crippen molar-refractivity contribution in [2.45, 2.75) is 44.4 Å². The molecule has 5 nitrogen and oxygen atoms in total. The van der Waals surface area contributed by atoms with Crippen LogP contribution in [0.25, 0.3) is 10.1 Å². The number of hydrogen-bond acceptors (Lipinski definition) is 6. The van der Waals surface area contributed by atoms with Crippen LogP contribution in [0.1, 0.15) is 41.5 Å². The molecule has 0 spiro atoms. The number of aliphatic hydroxyl groups is 1. The summed E-state index contributed by atoms with van der Waals surface area (Å²) in [7, 11) is -3.72. The largest absolute Gasteiger partial charge is 0.390 e. The van der Waals surface area contributed by atoms with E-state index in [1.165, 1.54) is 28.2 Å². The van der Waals surface area contributed by atoms with Crippen molar-refractivity contribution in [3.63, 3.8) is 0 Å². The molecular formula is C17H20N2O3S3. The number of rotatable bonds is 5. The highest BCUT2D eigenvalue weighted by Gasteiger charge is 2.23.